The Labute approximate surface area is 102 Å². The summed E-state index contributed by atoms with van der Waals surface area (Å²) in [6.07, 6.45) is 0. The van der Waals surface area contributed by atoms with Crippen molar-refractivity contribution in [2.24, 2.45) is 0 Å². The van der Waals surface area contributed by atoms with Gasteiger partial charge in [-0.15, -0.1) is 0 Å². The molecule has 1 aromatic carbocycles. The Hall–Kier alpha value is -1.26. The van der Waals surface area contributed by atoms with Gasteiger partial charge in [-0.2, -0.15) is 0 Å². The molecule has 0 saturated heterocycles. The lowest BCUT2D eigenvalue weighted by Crippen LogP contribution is -2.33. The summed E-state index contributed by atoms with van der Waals surface area (Å²) in [6, 6.07) is 6.02. The molecule has 4 nitrogen and oxygen atoms in total. The fraction of sp³-hybridized carbons (Fsp3) is 0.538. The second-order valence-corrected chi connectivity index (χ2v) is 4.83. The van der Waals surface area contributed by atoms with E-state index in [1.165, 1.54) is 5.56 Å². The van der Waals surface area contributed by atoms with Crippen molar-refractivity contribution in [2.45, 2.75) is 19.3 Å². The summed E-state index contributed by atoms with van der Waals surface area (Å²) in [7, 11) is 0. The molecular formula is C13H19NO3. The number of nitrogens with one attached hydrogen (secondary N) is 1. The summed E-state index contributed by atoms with van der Waals surface area (Å²) < 4.78 is 11.1. The SMILES string of the molecule is CC(C)(CNCO)c1ccc2c(c1)OCCO2. The molecule has 94 valence electrons. The second kappa shape index (κ2) is 4.94. The Bertz CT molecular complexity index is 390. The molecule has 0 aromatic heterocycles. The minimum absolute atomic E-state index is 0.00597. The lowest BCUT2D eigenvalue weighted by molar-refractivity contribution is 0.171. The van der Waals surface area contributed by atoms with Gasteiger partial charge in [0.05, 0.1) is 6.73 Å². The summed E-state index contributed by atoms with van der Waals surface area (Å²) in [5.41, 5.74) is 1.11. The van der Waals surface area contributed by atoms with E-state index in [9.17, 15) is 0 Å². The number of benzene rings is 1. The number of hydrogen-bond donors (Lipinski definition) is 2. The third kappa shape index (κ3) is 2.70. The maximum absolute atomic E-state index is 8.81. The number of rotatable bonds is 4. The highest BCUT2D eigenvalue weighted by atomic mass is 16.6. The zero-order chi connectivity index (χ0) is 12.3. The number of fused-ring (bicyclic) bond motifs is 1. The largest absolute Gasteiger partial charge is 0.486 e. The number of aliphatic hydroxyl groups excluding tert-OH is 1. The average Bonchev–Trinajstić information content (AvgIpc) is 2.36. The lowest BCUT2D eigenvalue weighted by atomic mass is 9.84. The van der Waals surface area contributed by atoms with Crippen molar-refractivity contribution in [3.8, 4) is 11.5 Å². The van der Waals surface area contributed by atoms with Crippen LogP contribution < -0.4 is 14.8 Å². The topological polar surface area (TPSA) is 50.7 Å². The first kappa shape index (κ1) is 12.2. The van der Waals surface area contributed by atoms with E-state index in [2.05, 4.69) is 19.2 Å². The molecule has 0 bridgehead atoms. The van der Waals surface area contributed by atoms with E-state index in [0.717, 1.165) is 11.5 Å². The molecule has 1 aromatic rings. The highest BCUT2D eigenvalue weighted by Gasteiger charge is 2.22. The van der Waals surface area contributed by atoms with Crippen LogP contribution in [0.25, 0.3) is 0 Å². The van der Waals surface area contributed by atoms with Crippen LogP contribution >= 0.6 is 0 Å². The third-order valence-electron chi connectivity index (χ3n) is 3.00. The Balaban J connectivity index is 2.20. The fourth-order valence-corrected chi connectivity index (χ4v) is 1.93. The van der Waals surface area contributed by atoms with Gasteiger partial charge in [-0.1, -0.05) is 19.9 Å². The molecule has 2 N–H and O–H groups in total. The van der Waals surface area contributed by atoms with Crippen molar-refractivity contribution in [3.05, 3.63) is 23.8 Å². The molecule has 0 spiro atoms. The van der Waals surface area contributed by atoms with Gasteiger partial charge in [-0.05, 0) is 17.7 Å². The molecule has 0 fully saturated rings. The molecule has 0 radical (unpaired) electrons. The van der Waals surface area contributed by atoms with Gasteiger partial charge in [-0.25, -0.2) is 0 Å². The highest BCUT2D eigenvalue weighted by molar-refractivity contribution is 5.45. The van der Waals surface area contributed by atoms with Crippen molar-refractivity contribution in [1.82, 2.24) is 5.32 Å². The van der Waals surface area contributed by atoms with Crippen molar-refractivity contribution < 1.29 is 14.6 Å². The van der Waals surface area contributed by atoms with E-state index < -0.39 is 0 Å². The van der Waals surface area contributed by atoms with E-state index in [4.69, 9.17) is 14.6 Å². The minimum Gasteiger partial charge on any atom is -0.486 e. The van der Waals surface area contributed by atoms with Crippen LogP contribution in [0, 0.1) is 0 Å². The van der Waals surface area contributed by atoms with Crippen molar-refractivity contribution in [2.75, 3.05) is 26.5 Å². The molecule has 17 heavy (non-hydrogen) atoms. The van der Waals surface area contributed by atoms with E-state index in [0.29, 0.717) is 19.8 Å². The van der Waals surface area contributed by atoms with Gasteiger partial charge in [0.1, 0.15) is 13.2 Å². The monoisotopic (exact) mass is 237 g/mol. The second-order valence-electron chi connectivity index (χ2n) is 4.83. The number of hydrogen-bond acceptors (Lipinski definition) is 4. The first-order valence-corrected chi connectivity index (χ1v) is 5.85. The van der Waals surface area contributed by atoms with Gasteiger partial charge in [0.2, 0.25) is 0 Å². The maximum atomic E-state index is 8.81. The maximum Gasteiger partial charge on any atom is 0.161 e. The van der Waals surface area contributed by atoms with Crippen LogP contribution in [-0.2, 0) is 5.41 Å². The van der Waals surface area contributed by atoms with Gasteiger partial charge in [-0.3, -0.25) is 5.32 Å². The standard InChI is InChI=1S/C13H19NO3/c1-13(2,8-14-9-15)10-3-4-11-12(7-10)17-6-5-16-11/h3-4,7,14-15H,5-6,8-9H2,1-2H3. The summed E-state index contributed by atoms with van der Waals surface area (Å²) in [6.45, 7) is 6.17. The zero-order valence-corrected chi connectivity index (χ0v) is 10.3. The molecule has 2 rings (SSSR count). The Morgan fingerprint density at radius 3 is 2.65 bits per heavy atom. The Morgan fingerprint density at radius 2 is 1.94 bits per heavy atom. The predicted octanol–water partition coefficient (Wildman–Crippen LogP) is 1.27. The van der Waals surface area contributed by atoms with Crippen molar-refractivity contribution in [1.29, 1.82) is 0 Å². The van der Waals surface area contributed by atoms with Crippen LogP contribution in [-0.4, -0.2) is 31.6 Å². The molecule has 0 unspecified atom stereocenters. The Morgan fingerprint density at radius 1 is 1.24 bits per heavy atom. The normalized spacial score (nSPS) is 14.8. The first-order valence-electron chi connectivity index (χ1n) is 5.85. The average molecular weight is 237 g/mol. The molecule has 0 atom stereocenters. The fourth-order valence-electron chi connectivity index (χ4n) is 1.93. The molecule has 1 aliphatic heterocycles. The molecule has 1 heterocycles. The van der Waals surface area contributed by atoms with Gasteiger partial charge in [0.15, 0.2) is 11.5 Å². The Kier molecular flexibility index (Phi) is 3.54. The van der Waals surface area contributed by atoms with Gasteiger partial charge >= 0.3 is 0 Å². The summed E-state index contributed by atoms with van der Waals surface area (Å²) >= 11 is 0. The molecule has 1 aliphatic rings. The highest BCUT2D eigenvalue weighted by Crippen LogP contribution is 2.34. The van der Waals surface area contributed by atoms with Crippen LogP contribution in [0.3, 0.4) is 0 Å². The first-order chi connectivity index (χ1) is 8.13. The van der Waals surface area contributed by atoms with Crippen LogP contribution in [0.15, 0.2) is 18.2 Å². The van der Waals surface area contributed by atoms with E-state index in [1.807, 2.05) is 18.2 Å². The van der Waals surface area contributed by atoms with Crippen molar-refractivity contribution in [3.63, 3.8) is 0 Å². The van der Waals surface area contributed by atoms with E-state index >= 15 is 0 Å². The van der Waals surface area contributed by atoms with Gasteiger partial charge in [0.25, 0.3) is 0 Å². The van der Waals surface area contributed by atoms with Gasteiger partial charge < -0.3 is 14.6 Å². The van der Waals surface area contributed by atoms with Crippen LogP contribution in [0.4, 0.5) is 0 Å². The van der Waals surface area contributed by atoms with E-state index in [1.54, 1.807) is 0 Å². The molecule has 0 saturated carbocycles. The van der Waals surface area contributed by atoms with E-state index in [-0.39, 0.29) is 12.1 Å². The molecule has 0 amide bonds. The minimum atomic E-state index is -0.0570. The van der Waals surface area contributed by atoms with Crippen LogP contribution in [0.1, 0.15) is 19.4 Å². The quantitative estimate of drug-likeness (QED) is 0.774. The summed E-state index contributed by atoms with van der Waals surface area (Å²) in [5, 5.41) is 11.8. The lowest BCUT2D eigenvalue weighted by Gasteiger charge is -2.27. The molecule has 0 aliphatic carbocycles. The van der Waals surface area contributed by atoms with Crippen LogP contribution in [0.5, 0.6) is 11.5 Å². The third-order valence-corrected chi connectivity index (χ3v) is 3.00. The molecule has 4 heteroatoms. The number of ether oxygens (including phenoxy) is 2. The zero-order valence-electron chi connectivity index (χ0n) is 10.3. The molecular weight excluding hydrogens is 218 g/mol. The summed E-state index contributed by atoms with van der Waals surface area (Å²) in [5.74, 6) is 1.62. The number of aliphatic hydroxyl groups is 1. The summed E-state index contributed by atoms with van der Waals surface area (Å²) in [4.78, 5) is 0. The van der Waals surface area contributed by atoms with Gasteiger partial charge in [0, 0.05) is 12.0 Å². The smallest absolute Gasteiger partial charge is 0.161 e. The predicted molar refractivity (Wildman–Crippen MR) is 65.5 cm³/mol. The van der Waals surface area contributed by atoms with Crippen LogP contribution in [0.2, 0.25) is 0 Å². The van der Waals surface area contributed by atoms with Crippen molar-refractivity contribution >= 4 is 0 Å².